The van der Waals surface area contributed by atoms with E-state index in [0.29, 0.717) is 5.92 Å². The summed E-state index contributed by atoms with van der Waals surface area (Å²) in [4.78, 5) is 10.3. The molecule has 0 amide bonds. The van der Waals surface area contributed by atoms with Gasteiger partial charge in [-0.15, -0.1) is 11.3 Å². The predicted octanol–water partition coefficient (Wildman–Crippen LogP) is 3.75. The molecule has 1 aliphatic carbocycles. The molecule has 2 aliphatic rings. The third-order valence-electron chi connectivity index (χ3n) is 5.67. The van der Waals surface area contributed by atoms with Crippen LogP contribution in [0.4, 0.5) is 0 Å². The molecular formula is C20H23N5S2. The lowest BCUT2D eigenvalue weighted by molar-refractivity contribution is 0.401. The molecule has 1 saturated heterocycles. The minimum absolute atomic E-state index is 0.293. The molecule has 0 bridgehead atoms. The van der Waals surface area contributed by atoms with Crippen molar-refractivity contribution in [2.45, 2.75) is 28.6 Å². The Hall–Kier alpha value is -1.83. The summed E-state index contributed by atoms with van der Waals surface area (Å²) in [7, 11) is 0. The second kappa shape index (κ2) is 6.36. The summed E-state index contributed by atoms with van der Waals surface area (Å²) >= 11 is 3.35. The lowest BCUT2D eigenvalue weighted by Crippen LogP contribution is -2.38. The number of pyridine rings is 1. The molecule has 1 aliphatic heterocycles. The van der Waals surface area contributed by atoms with Crippen molar-refractivity contribution in [2.24, 2.45) is 17.8 Å². The van der Waals surface area contributed by atoms with E-state index >= 15 is 0 Å². The normalized spacial score (nSPS) is 24.1. The van der Waals surface area contributed by atoms with Crippen LogP contribution in [0.25, 0.3) is 5.52 Å². The van der Waals surface area contributed by atoms with Crippen molar-refractivity contribution in [3.63, 3.8) is 0 Å². The minimum Gasteiger partial charge on any atom is -0.377 e. The van der Waals surface area contributed by atoms with E-state index in [1.807, 2.05) is 17.8 Å². The van der Waals surface area contributed by atoms with E-state index in [9.17, 15) is 0 Å². The molecule has 2 N–H and O–H groups in total. The van der Waals surface area contributed by atoms with Gasteiger partial charge in [-0.3, -0.25) is 0 Å². The Bertz CT molecular complexity index is 981. The van der Waals surface area contributed by atoms with E-state index in [0.717, 1.165) is 46.3 Å². The van der Waals surface area contributed by atoms with Gasteiger partial charge in [0.25, 0.3) is 0 Å². The van der Waals surface area contributed by atoms with Gasteiger partial charge in [0.15, 0.2) is 4.34 Å². The zero-order chi connectivity index (χ0) is 18.6. The Morgan fingerprint density at radius 2 is 2.19 bits per heavy atom. The molecule has 5 nitrogen and oxygen atoms in total. The summed E-state index contributed by atoms with van der Waals surface area (Å²) in [5.41, 5.74) is 1.97. The number of hydrogen-bond donors (Lipinski definition) is 2. The van der Waals surface area contributed by atoms with Crippen molar-refractivity contribution < 1.29 is 0 Å². The molecule has 0 radical (unpaired) electrons. The van der Waals surface area contributed by atoms with Gasteiger partial charge in [0.05, 0.1) is 17.3 Å². The first-order valence-corrected chi connectivity index (χ1v) is 11.0. The fourth-order valence-corrected chi connectivity index (χ4v) is 6.07. The van der Waals surface area contributed by atoms with E-state index < -0.39 is 0 Å². The van der Waals surface area contributed by atoms with Crippen LogP contribution >= 0.6 is 23.1 Å². The Morgan fingerprint density at radius 1 is 1.37 bits per heavy atom. The van der Waals surface area contributed by atoms with Crippen LogP contribution in [0.15, 0.2) is 57.6 Å². The van der Waals surface area contributed by atoms with Gasteiger partial charge in [0.1, 0.15) is 5.82 Å². The smallest absolute Gasteiger partial charge is 0.154 e. The molecule has 0 spiro atoms. The molecule has 3 aromatic heterocycles. The first-order chi connectivity index (χ1) is 13.0. The Kier molecular flexibility index (Phi) is 4.07. The second-order valence-electron chi connectivity index (χ2n) is 7.90. The molecular weight excluding hydrogens is 374 g/mol. The van der Waals surface area contributed by atoms with Crippen molar-refractivity contribution in [1.29, 1.82) is 0 Å². The number of allylic oxidation sites excluding steroid dienone is 1. The van der Waals surface area contributed by atoms with Crippen molar-refractivity contribution in [3.05, 3.63) is 54.2 Å². The number of rotatable bonds is 6. The highest BCUT2D eigenvalue weighted by Crippen LogP contribution is 2.52. The Balaban J connectivity index is 1.41. The van der Waals surface area contributed by atoms with Gasteiger partial charge in [-0.1, -0.05) is 18.3 Å². The number of aromatic nitrogens is 3. The first kappa shape index (κ1) is 17.3. The topological polar surface area (TPSA) is 54.2 Å². The number of piperidine rings is 1. The molecule has 1 saturated carbocycles. The molecule has 7 heteroatoms. The highest BCUT2D eigenvalue weighted by Gasteiger charge is 2.54. The first-order valence-electron chi connectivity index (χ1n) is 9.26. The fraction of sp³-hybridized carbons (Fsp3) is 0.400. The molecule has 0 aromatic carbocycles. The van der Waals surface area contributed by atoms with E-state index in [4.69, 9.17) is 4.98 Å². The number of hydrogen-bond acceptors (Lipinski definition) is 6. The predicted molar refractivity (Wildman–Crippen MR) is 110 cm³/mol. The van der Waals surface area contributed by atoms with Gasteiger partial charge >= 0.3 is 0 Å². The summed E-state index contributed by atoms with van der Waals surface area (Å²) in [6, 6.07) is 4.21. The molecule has 5 rings (SSSR count). The molecule has 2 atom stereocenters. The zero-order valence-electron chi connectivity index (χ0n) is 15.5. The van der Waals surface area contributed by atoms with Crippen LogP contribution < -0.4 is 10.6 Å². The van der Waals surface area contributed by atoms with Crippen molar-refractivity contribution in [1.82, 2.24) is 25.0 Å². The fourth-order valence-electron chi connectivity index (χ4n) is 4.38. The Labute approximate surface area is 167 Å². The quantitative estimate of drug-likeness (QED) is 0.664. The van der Waals surface area contributed by atoms with Gasteiger partial charge in [0, 0.05) is 34.3 Å². The van der Waals surface area contributed by atoms with E-state index in [2.05, 4.69) is 58.8 Å². The third-order valence-corrected chi connectivity index (χ3v) is 7.61. The van der Waals surface area contributed by atoms with Gasteiger partial charge in [-0.05, 0) is 50.9 Å². The highest BCUT2D eigenvalue weighted by molar-refractivity contribution is 8.01. The molecule has 140 valence electrons. The summed E-state index contributed by atoms with van der Waals surface area (Å²) < 4.78 is 3.23. The van der Waals surface area contributed by atoms with Gasteiger partial charge in [-0.25, -0.2) is 9.97 Å². The van der Waals surface area contributed by atoms with Crippen LogP contribution in [-0.4, -0.2) is 27.5 Å². The van der Waals surface area contributed by atoms with Crippen molar-refractivity contribution in [3.8, 4) is 0 Å². The minimum atomic E-state index is -0.293. The van der Waals surface area contributed by atoms with Crippen LogP contribution in [-0.2, 0) is 5.54 Å². The lowest BCUT2D eigenvalue weighted by atomic mass is 10.0. The number of thiazole rings is 1. The summed E-state index contributed by atoms with van der Waals surface area (Å²) in [5.74, 6) is 3.13. The molecule has 27 heavy (non-hydrogen) atoms. The van der Waals surface area contributed by atoms with E-state index in [1.165, 1.54) is 4.90 Å². The molecule has 4 heterocycles. The average molecular weight is 398 g/mol. The maximum absolute atomic E-state index is 4.78. The number of nitrogens with zero attached hydrogens (tertiary/aromatic N) is 3. The lowest BCUT2D eigenvalue weighted by Gasteiger charge is -2.28. The van der Waals surface area contributed by atoms with Gasteiger partial charge in [0.2, 0.25) is 0 Å². The summed E-state index contributed by atoms with van der Waals surface area (Å²) in [6.07, 6.45) is 5.90. The molecule has 3 aromatic rings. The van der Waals surface area contributed by atoms with Crippen LogP contribution in [0.2, 0.25) is 0 Å². The van der Waals surface area contributed by atoms with Crippen LogP contribution in [0.5, 0.6) is 0 Å². The van der Waals surface area contributed by atoms with E-state index in [-0.39, 0.29) is 5.54 Å². The SMILES string of the molecule is C=C(NC(C)(C)c1ncc2c(Sc3nccs3)cccn12)C1C2CNCC21. The average Bonchev–Trinajstić information content (AvgIpc) is 3.12. The maximum atomic E-state index is 4.78. The third kappa shape index (κ3) is 2.98. The summed E-state index contributed by atoms with van der Waals surface area (Å²) in [5, 5.41) is 9.14. The van der Waals surface area contributed by atoms with Gasteiger partial charge < -0.3 is 15.0 Å². The Morgan fingerprint density at radius 3 is 2.93 bits per heavy atom. The largest absolute Gasteiger partial charge is 0.377 e. The van der Waals surface area contributed by atoms with Crippen LogP contribution in [0.1, 0.15) is 19.7 Å². The molecule has 2 unspecified atom stereocenters. The van der Waals surface area contributed by atoms with Crippen LogP contribution in [0.3, 0.4) is 0 Å². The van der Waals surface area contributed by atoms with Crippen LogP contribution in [0, 0.1) is 17.8 Å². The number of imidazole rings is 1. The zero-order valence-corrected chi connectivity index (χ0v) is 17.1. The standard InChI is InChI=1S/C20H23N5S2/c1-12(17-13-9-21-10-14(13)17)24-20(2,3)18-23-11-15-16(5-4-7-25(15)18)27-19-22-6-8-26-19/h4-8,11,13-14,17,21,24H,1,9-10H2,2-3H3. The second-order valence-corrected chi connectivity index (χ2v) is 10.1. The van der Waals surface area contributed by atoms with E-state index in [1.54, 1.807) is 23.1 Å². The van der Waals surface area contributed by atoms with Crippen molar-refractivity contribution >= 4 is 28.6 Å². The van der Waals surface area contributed by atoms with Crippen molar-refractivity contribution in [2.75, 3.05) is 13.1 Å². The number of nitrogens with one attached hydrogen (secondary N) is 2. The molecule has 2 fully saturated rings. The monoisotopic (exact) mass is 397 g/mol. The number of fused-ring (bicyclic) bond motifs is 2. The summed E-state index contributed by atoms with van der Waals surface area (Å²) in [6.45, 7) is 11.0. The maximum Gasteiger partial charge on any atom is 0.154 e. The highest BCUT2D eigenvalue weighted by atomic mass is 32.2. The van der Waals surface area contributed by atoms with Gasteiger partial charge in [-0.2, -0.15) is 0 Å².